The first kappa shape index (κ1) is 23.5. The minimum Gasteiger partial charge on any atom is -0.479 e. The van der Waals surface area contributed by atoms with E-state index in [-0.39, 0.29) is 18.9 Å². The zero-order valence-corrected chi connectivity index (χ0v) is 19.5. The number of fused-ring (bicyclic) bond motifs is 3. The van der Waals surface area contributed by atoms with Crippen LogP contribution in [0.25, 0.3) is 11.1 Å². The van der Waals surface area contributed by atoms with Gasteiger partial charge in [-0.2, -0.15) is 0 Å². The van der Waals surface area contributed by atoms with Gasteiger partial charge < -0.3 is 20.5 Å². The molecule has 0 fully saturated rings. The van der Waals surface area contributed by atoms with Crippen molar-refractivity contribution in [2.75, 3.05) is 6.61 Å². The summed E-state index contributed by atoms with van der Waals surface area (Å²) >= 11 is 1.26. The van der Waals surface area contributed by atoms with Crippen molar-refractivity contribution in [1.29, 1.82) is 0 Å². The zero-order valence-electron chi connectivity index (χ0n) is 18.7. The lowest BCUT2D eigenvalue weighted by molar-refractivity contribution is -0.142. The summed E-state index contributed by atoms with van der Waals surface area (Å²) < 4.78 is 5.56. The average molecular weight is 479 g/mol. The summed E-state index contributed by atoms with van der Waals surface area (Å²) in [7, 11) is 0. The van der Waals surface area contributed by atoms with E-state index in [0.29, 0.717) is 11.3 Å². The van der Waals surface area contributed by atoms with E-state index in [1.54, 1.807) is 17.5 Å². The van der Waals surface area contributed by atoms with Crippen LogP contribution in [0.2, 0.25) is 0 Å². The summed E-state index contributed by atoms with van der Waals surface area (Å²) in [5, 5.41) is 16.5. The Kier molecular flexibility index (Phi) is 7.27. The van der Waals surface area contributed by atoms with E-state index in [1.807, 2.05) is 43.3 Å². The van der Waals surface area contributed by atoms with Crippen LogP contribution in [0.15, 0.2) is 66.0 Å². The van der Waals surface area contributed by atoms with Gasteiger partial charge in [0.05, 0.1) is 0 Å². The second-order valence-electron chi connectivity index (χ2n) is 8.13. The molecule has 7 nitrogen and oxygen atoms in total. The number of rotatable bonds is 9. The monoisotopic (exact) mass is 478 g/mol. The van der Waals surface area contributed by atoms with Crippen LogP contribution in [0.1, 0.15) is 47.7 Å². The van der Waals surface area contributed by atoms with E-state index in [4.69, 9.17) is 4.74 Å². The van der Waals surface area contributed by atoms with Crippen LogP contribution in [0, 0.1) is 0 Å². The highest BCUT2D eigenvalue weighted by Gasteiger charge is 2.29. The molecule has 2 amide bonds. The minimum atomic E-state index is -1.13. The van der Waals surface area contributed by atoms with Gasteiger partial charge in [-0.3, -0.25) is 4.79 Å². The Balaban J connectivity index is 1.33. The Morgan fingerprint density at radius 2 is 1.62 bits per heavy atom. The molecular formula is C26H26N2O5S. The maximum absolute atomic E-state index is 12.5. The van der Waals surface area contributed by atoms with Gasteiger partial charge in [-0.05, 0) is 40.1 Å². The molecule has 0 saturated carbocycles. The summed E-state index contributed by atoms with van der Waals surface area (Å²) in [6.45, 7) is 2.03. The standard InChI is InChI=1S/C26H26N2O5S/c1-2-16(14-23(29)28-24(25(30)31)22-12-7-13-34-22)27-26(32)33-15-21-19-10-5-3-8-17(19)18-9-4-6-11-20(18)21/h3-13,16,21,24H,2,14-15H2,1H3,(H,27,32)(H,28,29)(H,30,31)/t16-,24?/m1/s1. The third kappa shape index (κ3) is 5.12. The smallest absolute Gasteiger partial charge is 0.407 e. The molecule has 3 aromatic rings. The molecule has 0 bridgehead atoms. The summed E-state index contributed by atoms with van der Waals surface area (Å²) in [5.74, 6) is -1.64. The third-order valence-electron chi connectivity index (χ3n) is 5.97. The van der Waals surface area contributed by atoms with Gasteiger partial charge in [0.1, 0.15) is 6.61 Å². The van der Waals surface area contributed by atoms with Gasteiger partial charge >= 0.3 is 12.1 Å². The SMILES string of the molecule is CC[C@H](CC(=O)NC(C(=O)O)c1cccs1)NC(=O)OCC1c2ccccc2-c2ccccc21. The first-order chi connectivity index (χ1) is 16.5. The number of hydrogen-bond acceptors (Lipinski definition) is 5. The molecule has 1 aromatic heterocycles. The van der Waals surface area contributed by atoms with Crippen molar-refractivity contribution in [1.82, 2.24) is 10.6 Å². The largest absolute Gasteiger partial charge is 0.479 e. The van der Waals surface area contributed by atoms with Crippen molar-refractivity contribution in [3.8, 4) is 11.1 Å². The second kappa shape index (κ2) is 10.5. The van der Waals surface area contributed by atoms with Crippen molar-refractivity contribution in [3.05, 3.63) is 82.0 Å². The molecule has 176 valence electrons. The van der Waals surface area contributed by atoms with Crippen LogP contribution in [0.3, 0.4) is 0 Å². The van der Waals surface area contributed by atoms with Crippen LogP contribution < -0.4 is 10.6 Å². The quantitative estimate of drug-likeness (QED) is 0.414. The molecule has 0 aliphatic heterocycles. The molecule has 2 atom stereocenters. The molecule has 1 aliphatic carbocycles. The van der Waals surface area contributed by atoms with Crippen LogP contribution >= 0.6 is 11.3 Å². The highest BCUT2D eigenvalue weighted by atomic mass is 32.1. The normalized spacial score (nSPS) is 13.9. The lowest BCUT2D eigenvalue weighted by atomic mass is 9.98. The van der Waals surface area contributed by atoms with Crippen LogP contribution in [0.4, 0.5) is 4.79 Å². The zero-order chi connectivity index (χ0) is 24.1. The van der Waals surface area contributed by atoms with Gasteiger partial charge in [0.2, 0.25) is 5.91 Å². The molecule has 2 aromatic carbocycles. The van der Waals surface area contributed by atoms with Crippen LogP contribution in [-0.2, 0) is 14.3 Å². The fourth-order valence-electron chi connectivity index (χ4n) is 4.26. The molecule has 34 heavy (non-hydrogen) atoms. The lowest BCUT2D eigenvalue weighted by Gasteiger charge is -2.20. The molecule has 8 heteroatoms. The van der Waals surface area contributed by atoms with Crippen molar-refractivity contribution in [2.24, 2.45) is 0 Å². The number of thiophene rings is 1. The topological polar surface area (TPSA) is 105 Å². The fraction of sp³-hybridized carbons (Fsp3) is 0.269. The Labute approximate surface area is 201 Å². The number of carboxylic acid groups (broad SMARTS) is 1. The summed E-state index contributed by atoms with van der Waals surface area (Å²) in [4.78, 5) is 37.1. The number of ether oxygens (including phenoxy) is 1. The van der Waals surface area contributed by atoms with Gasteiger partial charge in [-0.15, -0.1) is 11.3 Å². The first-order valence-electron chi connectivity index (χ1n) is 11.1. The molecule has 0 spiro atoms. The molecule has 1 aliphatic rings. The number of amides is 2. The van der Waals surface area contributed by atoms with Gasteiger partial charge in [0.25, 0.3) is 0 Å². The van der Waals surface area contributed by atoms with Crippen molar-refractivity contribution in [3.63, 3.8) is 0 Å². The highest BCUT2D eigenvalue weighted by Crippen LogP contribution is 2.44. The van der Waals surface area contributed by atoms with E-state index >= 15 is 0 Å². The highest BCUT2D eigenvalue weighted by molar-refractivity contribution is 7.10. The molecule has 1 unspecified atom stereocenters. The Morgan fingerprint density at radius 1 is 0.971 bits per heavy atom. The summed E-state index contributed by atoms with van der Waals surface area (Å²) in [5.41, 5.74) is 4.54. The molecule has 4 rings (SSSR count). The Bertz CT molecular complexity index is 1130. The van der Waals surface area contributed by atoms with Gasteiger partial charge in [0, 0.05) is 23.3 Å². The number of alkyl carbamates (subject to hydrolysis) is 1. The van der Waals surface area contributed by atoms with E-state index < -0.39 is 30.1 Å². The second-order valence-corrected chi connectivity index (χ2v) is 9.11. The van der Waals surface area contributed by atoms with Gasteiger partial charge in [0.15, 0.2) is 6.04 Å². The van der Waals surface area contributed by atoms with E-state index in [9.17, 15) is 19.5 Å². The number of hydrogen-bond donors (Lipinski definition) is 3. The molecule has 3 N–H and O–H groups in total. The first-order valence-corrected chi connectivity index (χ1v) is 12.0. The van der Waals surface area contributed by atoms with Crippen molar-refractivity contribution >= 4 is 29.3 Å². The minimum absolute atomic E-state index is 0.0458. The maximum Gasteiger partial charge on any atom is 0.407 e. The number of aliphatic carboxylic acids is 1. The number of nitrogens with one attached hydrogen (secondary N) is 2. The lowest BCUT2D eigenvalue weighted by Crippen LogP contribution is -2.41. The Hall–Kier alpha value is -3.65. The van der Waals surface area contributed by atoms with E-state index in [0.717, 1.165) is 22.3 Å². The molecule has 1 heterocycles. The number of carboxylic acids is 1. The van der Waals surface area contributed by atoms with Gasteiger partial charge in [-0.25, -0.2) is 9.59 Å². The molecule has 0 radical (unpaired) electrons. The van der Waals surface area contributed by atoms with Crippen LogP contribution in [-0.4, -0.2) is 35.7 Å². The van der Waals surface area contributed by atoms with Crippen molar-refractivity contribution in [2.45, 2.75) is 37.8 Å². The number of carbonyl (C=O) groups is 3. The van der Waals surface area contributed by atoms with Crippen LogP contribution in [0.5, 0.6) is 0 Å². The van der Waals surface area contributed by atoms with Gasteiger partial charge in [-0.1, -0.05) is 61.5 Å². The summed E-state index contributed by atoms with van der Waals surface area (Å²) in [6, 6.07) is 18.0. The van der Waals surface area contributed by atoms with E-state index in [2.05, 4.69) is 22.8 Å². The van der Waals surface area contributed by atoms with E-state index in [1.165, 1.54) is 11.3 Å². The summed E-state index contributed by atoms with van der Waals surface area (Å²) in [6.07, 6.45) is -0.154. The number of benzene rings is 2. The maximum atomic E-state index is 12.5. The number of carbonyl (C=O) groups excluding carboxylic acids is 2. The average Bonchev–Trinajstić information content (AvgIpc) is 3.47. The van der Waals surface area contributed by atoms with Crippen molar-refractivity contribution < 1.29 is 24.2 Å². The predicted molar refractivity (Wildman–Crippen MR) is 130 cm³/mol. The molecular weight excluding hydrogens is 452 g/mol. The third-order valence-corrected chi connectivity index (χ3v) is 6.91. The fourth-order valence-corrected chi connectivity index (χ4v) is 5.03. The Morgan fingerprint density at radius 3 is 2.18 bits per heavy atom. The molecule has 0 saturated heterocycles. The predicted octanol–water partition coefficient (Wildman–Crippen LogP) is 4.70.